The van der Waals surface area contributed by atoms with Crippen LogP contribution in [0.5, 0.6) is 0 Å². The number of carbonyl (C=O) groups is 1. The van der Waals surface area contributed by atoms with E-state index in [1.165, 1.54) is 114 Å². The highest BCUT2D eigenvalue weighted by Gasteiger charge is 2.09. The normalized spacial score (nSPS) is 12.6. The van der Waals surface area contributed by atoms with Crippen LogP contribution in [-0.2, 0) is 16.1 Å². The minimum absolute atomic E-state index is 0.370. The van der Waals surface area contributed by atoms with Crippen molar-refractivity contribution in [3.63, 3.8) is 0 Å². The number of aliphatic carboxylic acids is 1. The van der Waals surface area contributed by atoms with Gasteiger partial charge in [-0.05, 0) is 31.2 Å². The van der Waals surface area contributed by atoms with Crippen LogP contribution in [0.1, 0.15) is 134 Å². The van der Waals surface area contributed by atoms with E-state index < -0.39 is 5.97 Å². The summed E-state index contributed by atoms with van der Waals surface area (Å²) in [5.74, 6) is -0.896. The second-order valence-electron chi connectivity index (χ2n) is 10.2. The van der Waals surface area contributed by atoms with Crippen LogP contribution in [0, 0.1) is 0 Å². The molecular weight excluding hydrogens is 444 g/mol. The average molecular weight is 499 g/mol. The lowest BCUT2D eigenvalue weighted by Gasteiger charge is -2.18. The lowest BCUT2D eigenvalue weighted by atomic mass is 10.0. The number of benzene rings is 1. The largest absolute Gasteiger partial charge is 0.478 e. The first kappa shape index (κ1) is 32.2. The van der Waals surface area contributed by atoms with Gasteiger partial charge in [0.15, 0.2) is 0 Å². The standard InChI is InChI=1S/C33H54O3/c1-2-3-4-5-6-7-8-9-10-13-16-22-27-32(36-30-31-25-20-19-21-26-31)28-23-17-14-11-12-15-18-24-29-33(34)35/h15,18-21,24-26,29,32H,2-14,16-17,22-23,27-28,30H2,1H3,(H,34,35)/t32-/m0/s1. The average Bonchev–Trinajstić information content (AvgIpc) is 2.88. The highest BCUT2D eigenvalue weighted by atomic mass is 16.5. The van der Waals surface area contributed by atoms with Crippen molar-refractivity contribution in [3.05, 3.63) is 60.2 Å². The van der Waals surface area contributed by atoms with Crippen molar-refractivity contribution in [2.45, 2.75) is 142 Å². The Bertz CT molecular complexity index is 665. The Morgan fingerprint density at radius 3 is 1.83 bits per heavy atom. The summed E-state index contributed by atoms with van der Waals surface area (Å²) in [5.41, 5.74) is 1.26. The number of hydrogen-bond acceptors (Lipinski definition) is 2. The molecule has 1 aromatic rings. The fourth-order valence-corrected chi connectivity index (χ4v) is 4.61. The van der Waals surface area contributed by atoms with Crippen molar-refractivity contribution >= 4 is 5.97 Å². The number of carboxylic acid groups (broad SMARTS) is 1. The van der Waals surface area contributed by atoms with Crippen molar-refractivity contribution in [1.29, 1.82) is 0 Å². The minimum Gasteiger partial charge on any atom is -0.478 e. The Morgan fingerprint density at radius 1 is 0.750 bits per heavy atom. The fraction of sp³-hybridized carbons (Fsp3) is 0.667. The van der Waals surface area contributed by atoms with Gasteiger partial charge < -0.3 is 9.84 Å². The molecule has 1 aromatic carbocycles. The third kappa shape index (κ3) is 21.4. The van der Waals surface area contributed by atoms with E-state index >= 15 is 0 Å². The van der Waals surface area contributed by atoms with Gasteiger partial charge in [0, 0.05) is 6.08 Å². The van der Waals surface area contributed by atoms with Gasteiger partial charge in [-0.3, -0.25) is 0 Å². The highest BCUT2D eigenvalue weighted by Crippen LogP contribution is 2.18. The summed E-state index contributed by atoms with van der Waals surface area (Å²) in [6.45, 7) is 3.01. The van der Waals surface area contributed by atoms with Gasteiger partial charge in [0.1, 0.15) is 0 Å². The molecular formula is C33H54O3. The molecule has 0 saturated heterocycles. The molecule has 204 valence electrons. The van der Waals surface area contributed by atoms with Gasteiger partial charge in [-0.1, -0.05) is 152 Å². The topological polar surface area (TPSA) is 46.5 Å². The molecule has 0 aliphatic heterocycles. The number of unbranched alkanes of at least 4 members (excludes halogenated alkanes) is 15. The SMILES string of the molecule is CCCCCCCCCCCCCC[C@@H](CCCCCCC=CC=CC(=O)O)OCc1ccccc1. The quantitative estimate of drug-likeness (QED) is 0.0828. The fourth-order valence-electron chi connectivity index (χ4n) is 4.61. The molecule has 0 amide bonds. The Kier molecular flexibility index (Phi) is 22.2. The zero-order valence-electron chi connectivity index (χ0n) is 23.2. The van der Waals surface area contributed by atoms with Crippen LogP contribution in [0.15, 0.2) is 54.6 Å². The summed E-state index contributed by atoms with van der Waals surface area (Å²) in [7, 11) is 0. The van der Waals surface area contributed by atoms with Crippen molar-refractivity contribution in [1.82, 2.24) is 0 Å². The van der Waals surface area contributed by atoms with E-state index in [0.29, 0.717) is 6.10 Å². The maximum atomic E-state index is 10.4. The molecule has 0 aromatic heterocycles. The van der Waals surface area contributed by atoms with E-state index in [4.69, 9.17) is 9.84 Å². The zero-order chi connectivity index (χ0) is 25.9. The van der Waals surface area contributed by atoms with Crippen LogP contribution < -0.4 is 0 Å². The molecule has 1 rings (SSSR count). The molecule has 0 radical (unpaired) electrons. The predicted octanol–water partition coefficient (Wildman–Crippen LogP) is 10.2. The maximum Gasteiger partial charge on any atom is 0.328 e. The molecule has 36 heavy (non-hydrogen) atoms. The predicted molar refractivity (Wildman–Crippen MR) is 154 cm³/mol. The lowest BCUT2D eigenvalue weighted by molar-refractivity contribution is -0.131. The molecule has 1 N–H and O–H groups in total. The van der Waals surface area contributed by atoms with Gasteiger partial charge >= 0.3 is 5.97 Å². The maximum absolute atomic E-state index is 10.4. The molecule has 0 aliphatic carbocycles. The number of allylic oxidation sites excluding steroid dienone is 3. The third-order valence-electron chi connectivity index (χ3n) is 6.84. The minimum atomic E-state index is -0.896. The van der Waals surface area contributed by atoms with Gasteiger partial charge in [0.05, 0.1) is 12.7 Å². The van der Waals surface area contributed by atoms with Crippen molar-refractivity contribution < 1.29 is 14.6 Å². The van der Waals surface area contributed by atoms with Gasteiger partial charge in [-0.2, -0.15) is 0 Å². The van der Waals surface area contributed by atoms with Crippen LogP contribution in [0.25, 0.3) is 0 Å². The first-order valence-electron chi connectivity index (χ1n) is 14.9. The third-order valence-corrected chi connectivity index (χ3v) is 6.84. The van der Waals surface area contributed by atoms with Crippen LogP contribution in [-0.4, -0.2) is 17.2 Å². The van der Waals surface area contributed by atoms with Crippen LogP contribution in [0.2, 0.25) is 0 Å². The second-order valence-corrected chi connectivity index (χ2v) is 10.2. The van der Waals surface area contributed by atoms with Crippen molar-refractivity contribution in [2.75, 3.05) is 0 Å². The van der Waals surface area contributed by atoms with E-state index in [2.05, 4.69) is 43.3 Å². The first-order chi connectivity index (χ1) is 17.7. The first-order valence-corrected chi connectivity index (χ1v) is 14.9. The van der Waals surface area contributed by atoms with Crippen LogP contribution in [0.4, 0.5) is 0 Å². The summed E-state index contributed by atoms with van der Waals surface area (Å²) in [4.78, 5) is 10.4. The van der Waals surface area contributed by atoms with E-state index in [1.807, 2.05) is 6.08 Å². The monoisotopic (exact) mass is 498 g/mol. The molecule has 0 unspecified atom stereocenters. The van der Waals surface area contributed by atoms with Crippen molar-refractivity contribution in [3.8, 4) is 0 Å². The molecule has 0 bridgehead atoms. The molecule has 0 fully saturated rings. The summed E-state index contributed by atoms with van der Waals surface area (Å²) >= 11 is 0. The number of ether oxygens (including phenoxy) is 1. The van der Waals surface area contributed by atoms with E-state index in [9.17, 15) is 4.79 Å². The summed E-state index contributed by atoms with van der Waals surface area (Å²) in [6, 6.07) is 10.5. The second kappa shape index (κ2) is 24.8. The Hall–Kier alpha value is -1.87. The van der Waals surface area contributed by atoms with E-state index in [-0.39, 0.29) is 0 Å². The van der Waals surface area contributed by atoms with Gasteiger partial charge in [0.2, 0.25) is 0 Å². The smallest absolute Gasteiger partial charge is 0.328 e. The lowest BCUT2D eigenvalue weighted by Crippen LogP contribution is -2.13. The zero-order valence-corrected chi connectivity index (χ0v) is 23.2. The Balaban J connectivity index is 2.15. The molecule has 0 spiro atoms. The molecule has 1 atom stereocenters. The van der Waals surface area contributed by atoms with Gasteiger partial charge in [0.25, 0.3) is 0 Å². The number of carboxylic acids is 1. The highest BCUT2D eigenvalue weighted by molar-refractivity contribution is 5.80. The van der Waals surface area contributed by atoms with Crippen LogP contribution >= 0.6 is 0 Å². The van der Waals surface area contributed by atoms with Crippen LogP contribution in [0.3, 0.4) is 0 Å². The molecule has 0 heterocycles. The Morgan fingerprint density at radius 2 is 1.28 bits per heavy atom. The molecule has 3 nitrogen and oxygen atoms in total. The molecule has 0 aliphatic rings. The number of hydrogen-bond donors (Lipinski definition) is 1. The summed E-state index contributed by atoms with van der Waals surface area (Å²) < 4.78 is 6.35. The Labute approximate surface area is 222 Å². The molecule has 0 saturated carbocycles. The van der Waals surface area contributed by atoms with E-state index in [1.54, 1.807) is 6.08 Å². The summed E-state index contributed by atoms with van der Waals surface area (Å²) in [5, 5.41) is 8.58. The summed E-state index contributed by atoms with van der Waals surface area (Å²) in [6.07, 6.45) is 31.9. The number of rotatable bonds is 25. The van der Waals surface area contributed by atoms with Gasteiger partial charge in [-0.25, -0.2) is 4.79 Å². The van der Waals surface area contributed by atoms with E-state index in [0.717, 1.165) is 25.9 Å². The molecule has 3 heteroatoms. The van der Waals surface area contributed by atoms with Crippen molar-refractivity contribution in [2.24, 2.45) is 0 Å². The van der Waals surface area contributed by atoms with Gasteiger partial charge in [-0.15, -0.1) is 0 Å².